The molecule has 5 nitrogen and oxygen atoms in total. The normalized spacial score (nSPS) is 19.7. The van der Waals surface area contributed by atoms with E-state index in [0.717, 1.165) is 16.8 Å². The maximum atomic E-state index is 12.1. The number of carbonyl (C=O) groups is 2. The largest absolute Gasteiger partial charge is 0.481 e. The molecule has 19 heavy (non-hydrogen) atoms. The van der Waals surface area contributed by atoms with E-state index < -0.39 is 11.9 Å². The van der Waals surface area contributed by atoms with E-state index in [1.165, 1.54) is 9.80 Å². The van der Waals surface area contributed by atoms with Crippen molar-refractivity contribution in [1.82, 2.24) is 4.90 Å². The van der Waals surface area contributed by atoms with Crippen LogP contribution in [0.3, 0.4) is 0 Å². The molecule has 0 bridgehead atoms. The molecule has 0 saturated carbocycles. The van der Waals surface area contributed by atoms with E-state index in [-0.39, 0.29) is 19.1 Å². The first-order valence-electron chi connectivity index (χ1n) is 6.23. The minimum absolute atomic E-state index is 0.152. The van der Waals surface area contributed by atoms with Crippen molar-refractivity contribution in [3.05, 3.63) is 29.3 Å². The average Bonchev–Trinajstić information content (AvgIpc) is 2.35. The Bertz CT molecular complexity index is 527. The summed E-state index contributed by atoms with van der Waals surface area (Å²) < 4.78 is 0. The number of nitrogens with zero attached hydrogens (tertiary/aromatic N) is 2. The highest BCUT2D eigenvalue weighted by molar-refractivity contribution is 5.94. The fourth-order valence-corrected chi connectivity index (χ4v) is 2.24. The Kier molecular flexibility index (Phi) is 3.46. The molecule has 1 aliphatic heterocycles. The summed E-state index contributed by atoms with van der Waals surface area (Å²) in [6, 6.07) is 5.58. The summed E-state index contributed by atoms with van der Waals surface area (Å²) >= 11 is 0. The van der Waals surface area contributed by atoms with Gasteiger partial charge in [-0.05, 0) is 37.1 Å². The van der Waals surface area contributed by atoms with Crippen molar-refractivity contribution >= 4 is 17.7 Å². The molecule has 1 aromatic carbocycles. The van der Waals surface area contributed by atoms with Gasteiger partial charge in [-0.3, -0.25) is 9.69 Å². The van der Waals surface area contributed by atoms with Crippen LogP contribution in [0.1, 0.15) is 11.1 Å². The number of benzene rings is 1. The lowest BCUT2D eigenvalue weighted by Gasteiger charge is -2.36. The lowest BCUT2D eigenvalue weighted by Crippen LogP contribution is -2.54. The highest BCUT2D eigenvalue weighted by Crippen LogP contribution is 2.24. The number of carboxylic acids is 1. The van der Waals surface area contributed by atoms with Gasteiger partial charge in [-0.25, -0.2) is 4.79 Å². The van der Waals surface area contributed by atoms with Gasteiger partial charge in [0.25, 0.3) is 0 Å². The van der Waals surface area contributed by atoms with E-state index in [1.54, 1.807) is 7.05 Å². The summed E-state index contributed by atoms with van der Waals surface area (Å²) in [4.78, 5) is 26.3. The molecule has 0 spiro atoms. The second-order valence-electron chi connectivity index (χ2n) is 5.08. The number of aryl methyl sites for hydroxylation is 2. The first-order chi connectivity index (χ1) is 8.90. The monoisotopic (exact) mass is 262 g/mol. The molecular formula is C14H18N2O3. The fraction of sp³-hybridized carbons (Fsp3) is 0.429. The second-order valence-corrected chi connectivity index (χ2v) is 5.08. The molecule has 0 aromatic heterocycles. The van der Waals surface area contributed by atoms with E-state index in [4.69, 9.17) is 5.11 Å². The second kappa shape index (κ2) is 4.91. The summed E-state index contributed by atoms with van der Waals surface area (Å²) in [6.07, 6.45) is 0. The van der Waals surface area contributed by atoms with Crippen molar-refractivity contribution in [2.45, 2.75) is 13.8 Å². The number of urea groups is 1. The Morgan fingerprint density at radius 1 is 1.26 bits per heavy atom. The maximum absolute atomic E-state index is 12.1. The number of rotatable bonds is 2. The van der Waals surface area contributed by atoms with Gasteiger partial charge in [0.1, 0.15) is 0 Å². The Balaban J connectivity index is 2.32. The van der Waals surface area contributed by atoms with Crippen molar-refractivity contribution in [2.75, 3.05) is 25.0 Å². The predicted molar refractivity (Wildman–Crippen MR) is 72.4 cm³/mol. The number of aliphatic carboxylic acids is 1. The molecule has 1 atom stereocenters. The van der Waals surface area contributed by atoms with E-state index in [0.29, 0.717) is 0 Å². The molecule has 0 radical (unpaired) electrons. The van der Waals surface area contributed by atoms with Gasteiger partial charge < -0.3 is 10.0 Å². The molecule has 1 unspecified atom stereocenters. The molecule has 1 fully saturated rings. The molecule has 1 aliphatic rings. The lowest BCUT2D eigenvalue weighted by molar-refractivity contribution is -0.141. The van der Waals surface area contributed by atoms with Crippen LogP contribution in [0.15, 0.2) is 18.2 Å². The molecule has 5 heteroatoms. The van der Waals surface area contributed by atoms with Gasteiger partial charge in [-0.1, -0.05) is 6.07 Å². The number of hydrogen-bond donors (Lipinski definition) is 1. The number of carbonyl (C=O) groups excluding carboxylic acids is 1. The van der Waals surface area contributed by atoms with Gasteiger partial charge in [0.15, 0.2) is 0 Å². The van der Waals surface area contributed by atoms with Gasteiger partial charge >= 0.3 is 12.0 Å². The Labute approximate surface area is 112 Å². The molecule has 0 aliphatic carbocycles. The van der Waals surface area contributed by atoms with E-state index in [1.807, 2.05) is 32.0 Å². The minimum Gasteiger partial charge on any atom is -0.481 e. The summed E-state index contributed by atoms with van der Waals surface area (Å²) in [7, 11) is 1.63. The molecule has 1 aromatic rings. The van der Waals surface area contributed by atoms with Crippen molar-refractivity contribution in [2.24, 2.45) is 5.92 Å². The SMILES string of the molecule is Cc1ccc(N2CC(C(=O)O)CN(C)C2=O)cc1C. The Morgan fingerprint density at radius 3 is 2.53 bits per heavy atom. The van der Waals surface area contributed by atoms with Crippen molar-refractivity contribution in [3.8, 4) is 0 Å². The van der Waals surface area contributed by atoms with Crippen molar-refractivity contribution in [3.63, 3.8) is 0 Å². The quantitative estimate of drug-likeness (QED) is 0.885. The van der Waals surface area contributed by atoms with Crippen LogP contribution < -0.4 is 4.90 Å². The van der Waals surface area contributed by atoms with Gasteiger partial charge in [0.05, 0.1) is 5.92 Å². The zero-order valence-electron chi connectivity index (χ0n) is 11.4. The first-order valence-corrected chi connectivity index (χ1v) is 6.23. The fourth-order valence-electron chi connectivity index (χ4n) is 2.24. The molecule has 1 N–H and O–H groups in total. The van der Waals surface area contributed by atoms with Gasteiger partial charge in [-0.15, -0.1) is 0 Å². The number of hydrogen-bond acceptors (Lipinski definition) is 2. The Morgan fingerprint density at radius 2 is 1.95 bits per heavy atom. The van der Waals surface area contributed by atoms with Crippen LogP contribution in [-0.4, -0.2) is 42.1 Å². The molecule has 2 rings (SSSR count). The molecule has 1 heterocycles. The lowest BCUT2D eigenvalue weighted by atomic mass is 10.0. The highest BCUT2D eigenvalue weighted by atomic mass is 16.4. The first kappa shape index (κ1) is 13.4. The average molecular weight is 262 g/mol. The van der Waals surface area contributed by atoms with Crippen LogP contribution in [0.5, 0.6) is 0 Å². The van der Waals surface area contributed by atoms with Gasteiger partial charge in [0.2, 0.25) is 0 Å². The predicted octanol–water partition coefficient (Wildman–Crippen LogP) is 1.88. The third-order valence-electron chi connectivity index (χ3n) is 3.61. The van der Waals surface area contributed by atoms with Crippen LogP contribution in [0, 0.1) is 19.8 Å². The van der Waals surface area contributed by atoms with Crippen LogP contribution in [0.4, 0.5) is 10.5 Å². The van der Waals surface area contributed by atoms with Crippen molar-refractivity contribution < 1.29 is 14.7 Å². The minimum atomic E-state index is -0.867. The maximum Gasteiger partial charge on any atom is 0.324 e. The van der Waals surface area contributed by atoms with Gasteiger partial charge in [0, 0.05) is 25.8 Å². The summed E-state index contributed by atoms with van der Waals surface area (Å²) in [6.45, 7) is 4.46. The summed E-state index contributed by atoms with van der Waals surface area (Å²) in [5.41, 5.74) is 2.99. The molecular weight excluding hydrogens is 244 g/mol. The zero-order valence-corrected chi connectivity index (χ0v) is 11.4. The van der Waals surface area contributed by atoms with Crippen LogP contribution in [0.25, 0.3) is 0 Å². The molecule has 2 amide bonds. The standard InChI is InChI=1S/C14H18N2O3/c1-9-4-5-12(6-10(9)2)16-8-11(13(17)18)7-15(3)14(16)19/h4-6,11H,7-8H2,1-3H3,(H,17,18). The zero-order chi connectivity index (χ0) is 14.2. The highest BCUT2D eigenvalue weighted by Gasteiger charge is 2.34. The van der Waals surface area contributed by atoms with Crippen molar-refractivity contribution in [1.29, 1.82) is 0 Å². The number of carboxylic acid groups (broad SMARTS) is 1. The smallest absolute Gasteiger partial charge is 0.324 e. The molecule has 102 valence electrons. The molecule has 1 saturated heterocycles. The van der Waals surface area contributed by atoms with Crippen LogP contribution in [-0.2, 0) is 4.79 Å². The summed E-state index contributed by atoms with van der Waals surface area (Å²) in [5, 5.41) is 9.14. The van der Waals surface area contributed by atoms with E-state index >= 15 is 0 Å². The van der Waals surface area contributed by atoms with Gasteiger partial charge in [-0.2, -0.15) is 0 Å². The third kappa shape index (κ3) is 2.54. The Hall–Kier alpha value is -2.04. The number of anilines is 1. The van der Waals surface area contributed by atoms with Crippen LogP contribution >= 0.6 is 0 Å². The third-order valence-corrected chi connectivity index (χ3v) is 3.61. The van der Waals surface area contributed by atoms with E-state index in [2.05, 4.69) is 0 Å². The number of amides is 2. The summed E-state index contributed by atoms with van der Waals surface area (Å²) in [5.74, 6) is -1.42. The van der Waals surface area contributed by atoms with Crippen LogP contribution in [0.2, 0.25) is 0 Å². The van der Waals surface area contributed by atoms with E-state index in [9.17, 15) is 9.59 Å². The topological polar surface area (TPSA) is 60.9 Å².